The molecule has 0 unspecified atom stereocenters. The molecule has 2 aromatic heterocycles. The molecule has 4 aromatic rings. The minimum atomic E-state index is -0.494. The summed E-state index contributed by atoms with van der Waals surface area (Å²) in [4.78, 5) is 27.5. The fourth-order valence-corrected chi connectivity index (χ4v) is 3.29. The van der Waals surface area contributed by atoms with E-state index in [9.17, 15) is 14.9 Å². The molecule has 28 heavy (non-hydrogen) atoms. The smallest absolute Gasteiger partial charge is 0.272 e. The van der Waals surface area contributed by atoms with E-state index >= 15 is 0 Å². The number of rotatable bonds is 6. The normalized spacial score (nSPS) is 11.2. The number of carbonyl (C=O) groups is 1. The van der Waals surface area contributed by atoms with E-state index in [0.29, 0.717) is 17.4 Å². The Morgan fingerprint density at radius 2 is 2.11 bits per heavy atom. The Bertz CT molecular complexity index is 1190. The number of amides is 1. The van der Waals surface area contributed by atoms with Crippen LogP contribution in [0.25, 0.3) is 21.9 Å². The predicted molar refractivity (Wildman–Crippen MR) is 104 cm³/mol. The van der Waals surface area contributed by atoms with Crippen molar-refractivity contribution in [2.75, 3.05) is 6.54 Å². The van der Waals surface area contributed by atoms with Crippen LogP contribution < -0.4 is 5.32 Å². The number of aromatic nitrogens is 4. The summed E-state index contributed by atoms with van der Waals surface area (Å²) in [5, 5.41) is 21.0. The van der Waals surface area contributed by atoms with Crippen LogP contribution >= 0.6 is 0 Å². The van der Waals surface area contributed by atoms with E-state index < -0.39 is 4.92 Å². The molecule has 0 saturated heterocycles. The number of fused-ring (bicyclic) bond motifs is 2. The molecule has 2 aromatic carbocycles. The molecule has 4 rings (SSSR count). The number of hydrogen-bond donors (Lipinski definition) is 2. The lowest BCUT2D eigenvalue weighted by Gasteiger charge is -2.07. The molecule has 2 heterocycles. The Balaban J connectivity index is 1.42. The number of nitrogens with zero attached hydrogens (tertiary/aromatic N) is 4. The summed E-state index contributed by atoms with van der Waals surface area (Å²) < 4.78 is 2.12. The van der Waals surface area contributed by atoms with Gasteiger partial charge < -0.3 is 9.88 Å². The van der Waals surface area contributed by atoms with Crippen molar-refractivity contribution in [2.45, 2.75) is 19.9 Å². The first kappa shape index (κ1) is 17.7. The number of aromatic amines is 1. The number of benzene rings is 2. The van der Waals surface area contributed by atoms with E-state index in [2.05, 4.69) is 25.1 Å². The van der Waals surface area contributed by atoms with Gasteiger partial charge >= 0.3 is 0 Å². The zero-order valence-corrected chi connectivity index (χ0v) is 15.2. The second kappa shape index (κ2) is 7.10. The summed E-state index contributed by atoms with van der Waals surface area (Å²) in [5.74, 6) is 0.567. The standard InChI is InChI=1S/C19H18N6O3/c1-12-21-16-5-2-3-6-17(16)24(12)10-4-9-20-19(26)18-14-11-13(25(27)28)7-8-15(14)22-23-18/h2-3,5-8,11H,4,9-10H2,1H3,(H,20,26)(H,22,23). The number of hydrogen-bond acceptors (Lipinski definition) is 5. The molecule has 9 heteroatoms. The zero-order chi connectivity index (χ0) is 19.7. The van der Waals surface area contributed by atoms with E-state index in [-0.39, 0.29) is 17.3 Å². The lowest BCUT2D eigenvalue weighted by molar-refractivity contribution is -0.384. The number of nitro groups is 1. The average molecular weight is 378 g/mol. The van der Waals surface area contributed by atoms with Crippen molar-refractivity contribution < 1.29 is 9.72 Å². The number of imidazole rings is 1. The van der Waals surface area contributed by atoms with Crippen molar-refractivity contribution >= 4 is 33.5 Å². The van der Waals surface area contributed by atoms with Crippen molar-refractivity contribution in [3.05, 3.63) is 64.1 Å². The summed E-state index contributed by atoms with van der Waals surface area (Å²) in [6, 6.07) is 12.2. The average Bonchev–Trinajstić information content (AvgIpc) is 3.25. The minimum absolute atomic E-state index is 0.0783. The first-order valence-electron chi connectivity index (χ1n) is 8.87. The number of carbonyl (C=O) groups excluding carboxylic acids is 1. The third-order valence-corrected chi connectivity index (χ3v) is 4.66. The maximum atomic E-state index is 12.5. The first-order valence-corrected chi connectivity index (χ1v) is 8.87. The summed E-state index contributed by atoms with van der Waals surface area (Å²) in [6.07, 6.45) is 0.718. The maximum absolute atomic E-state index is 12.5. The van der Waals surface area contributed by atoms with E-state index in [0.717, 1.165) is 29.8 Å². The summed E-state index contributed by atoms with van der Waals surface area (Å²) in [5.41, 5.74) is 2.68. The molecule has 142 valence electrons. The third-order valence-electron chi connectivity index (χ3n) is 4.66. The fraction of sp³-hybridized carbons (Fsp3) is 0.211. The molecule has 0 spiro atoms. The molecule has 0 aliphatic heterocycles. The maximum Gasteiger partial charge on any atom is 0.272 e. The van der Waals surface area contributed by atoms with Gasteiger partial charge in [-0.05, 0) is 31.5 Å². The van der Waals surface area contributed by atoms with Crippen LogP contribution in [0, 0.1) is 17.0 Å². The highest BCUT2D eigenvalue weighted by Gasteiger charge is 2.17. The summed E-state index contributed by atoms with van der Waals surface area (Å²) >= 11 is 0. The van der Waals surface area contributed by atoms with E-state index in [1.54, 1.807) is 6.07 Å². The lowest BCUT2D eigenvalue weighted by Crippen LogP contribution is -2.25. The molecule has 0 radical (unpaired) electrons. The number of nitrogens with one attached hydrogen (secondary N) is 2. The molecule has 0 aliphatic carbocycles. The van der Waals surface area contributed by atoms with Gasteiger partial charge in [0.05, 0.1) is 21.5 Å². The van der Waals surface area contributed by atoms with Gasteiger partial charge in [0.1, 0.15) is 5.82 Å². The quantitative estimate of drug-likeness (QED) is 0.304. The fourth-order valence-electron chi connectivity index (χ4n) is 3.29. The molecular weight excluding hydrogens is 360 g/mol. The molecule has 0 bridgehead atoms. The highest BCUT2D eigenvalue weighted by Crippen LogP contribution is 2.22. The Kier molecular flexibility index (Phi) is 4.48. The van der Waals surface area contributed by atoms with Crippen LogP contribution in [0.1, 0.15) is 22.7 Å². The van der Waals surface area contributed by atoms with Crippen LogP contribution in [0.5, 0.6) is 0 Å². The SMILES string of the molecule is Cc1nc2ccccc2n1CCCNC(=O)c1n[nH]c2ccc([N+](=O)[O-])cc12. The van der Waals surface area contributed by atoms with Crippen LogP contribution in [0.2, 0.25) is 0 Å². The molecule has 2 N–H and O–H groups in total. The van der Waals surface area contributed by atoms with Crippen LogP contribution in [0.15, 0.2) is 42.5 Å². The van der Waals surface area contributed by atoms with Crippen LogP contribution in [0.3, 0.4) is 0 Å². The Labute approximate surface area is 159 Å². The van der Waals surface area contributed by atoms with Crippen molar-refractivity contribution in [1.29, 1.82) is 0 Å². The second-order valence-corrected chi connectivity index (χ2v) is 6.47. The molecule has 0 fully saturated rings. The minimum Gasteiger partial charge on any atom is -0.351 e. The summed E-state index contributed by atoms with van der Waals surface area (Å²) in [7, 11) is 0. The van der Waals surface area contributed by atoms with Gasteiger partial charge in [-0.25, -0.2) is 4.98 Å². The largest absolute Gasteiger partial charge is 0.351 e. The van der Waals surface area contributed by atoms with E-state index in [4.69, 9.17) is 0 Å². The van der Waals surface area contributed by atoms with E-state index in [1.165, 1.54) is 12.1 Å². The number of aryl methyl sites for hydroxylation is 2. The van der Waals surface area contributed by atoms with Crippen LogP contribution in [0.4, 0.5) is 5.69 Å². The molecule has 1 amide bonds. The number of para-hydroxylation sites is 2. The highest BCUT2D eigenvalue weighted by molar-refractivity contribution is 6.05. The van der Waals surface area contributed by atoms with Crippen molar-refractivity contribution in [3.8, 4) is 0 Å². The van der Waals surface area contributed by atoms with Gasteiger partial charge in [0.15, 0.2) is 5.69 Å². The van der Waals surface area contributed by atoms with Crippen LogP contribution in [-0.4, -0.2) is 37.1 Å². The number of non-ortho nitro benzene ring substituents is 1. The topological polar surface area (TPSA) is 119 Å². The van der Waals surface area contributed by atoms with Crippen molar-refractivity contribution in [2.24, 2.45) is 0 Å². The second-order valence-electron chi connectivity index (χ2n) is 6.47. The molecule has 0 atom stereocenters. The van der Waals surface area contributed by atoms with Gasteiger partial charge in [0.25, 0.3) is 11.6 Å². The molecule has 9 nitrogen and oxygen atoms in total. The van der Waals surface area contributed by atoms with E-state index in [1.807, 2.05) is 31.2 Å². The predicted octanol–water partition coefficient (Wildman–Crippen LogP) is 2.95. The molecule has 0 saturated carbocycles. The van der Waals surface area contributed by atoms with Crippen molar-refractivity contribution in [1.82, 2.24) is 25.1 Å². The first-order chi connectivity index (χ1) is 13.5. The van der Waals surface area contributed by atoms with Gasteiger partial charge in [0.2, 0.25) is 0 Å². The van der Waals surface area contributed by atoms with Gasteiger partial charge in [-0.15, -0.1) is 0 Å². The number of nitro benzene ring substituents is 1. The monoisotopic (exact) mass is 378 g/mol. The van der Waals surface area contributed by atoms with Gasteiger partial charge in [-0.1, -0.05) is 12.1 Å². The number of H-pyrrole nitrogens is 1. The van der Waals surface area contributed by atoms with Crippen molar-refractivity contribution in [3.63, 3.8) is 0 Å². The van der Waals surface area contributed by atoms with Gasteiger partial charge in [0, 0.05) is 30.6 Å². The Morgan fingerprint density at radius 3 is 2.93 bits per heavy atom. The van der Waals surface area contributed by atoms with Gasteiger partial charge in [-0.3, -0.25) is 20.0 Å². The van der Waals surface area contributed by atoms with Gasteiger partial charge in [-0.2, -0.15) is 5.10 Å². The Morgan fingerprint density at radius 1 is 1.29 bits per heavy atom. The zero-order valence-electron chi connectivity index (χ0n) is 15.2. The molecular formula is C19H18N6O3. The lowest BCUT2D eigenvalue weighted by atomic mass is 10.2. The Hall–Kier alpha value is -3.75. The summed E-state index contributed by atoms with van der Waals surface area (Å²) in [6.45, 7) is 3.13. The third kappa shape index (κ3) is 3.18. The molecule has 0 aliphatic rings. The van der Waals surface area contributed by atoms with Crippen LogP contribution in [-0.2, 0) is 6.54 Å². The highest BCUT2D eigenvalue weighted by atomic mass is 16.6.